The number of unbranched alkanes of at least 4 members (excludes halogenated alkanes) is 1. The maximum absolute atomic E-state index is 3.68. The molecule has 0 amide bonds. The zero-order valence-electron chi connectivity index (χ0n) is 12.7. The van der Waals surface area contributed by atoms with Crippen molar-refractivity contribution < 1.29 is 0 Å². The average molecular weight is 341 g/mol. The Morgan fingerprint density at radius 1 is 1.10 bits per heavy atom. The summed E-state index contributed by atoms with van der Waals surface area (Å²) >= 11 is 3.68. The molecule has 1 aliphatic carbocycles. The summed E-state index contributed by atoms with van der Waals surface area (Å²) in [4.78, 5) is 0. The largest absolute Gasteiger partial charge is 0.0720 e. The van der Waals surface area contributed by atoms with Crippen molar-refractivity contribution in [3.05, 3.63) is 74.8 Å². The van der Waals surface area contributed by atoms with Crippen LogP contribution < -0.4 is 0 Å². The lowest BCUT2D eigenvalue weighted by Gasteiger charge is -2.17. The van der Waals surface area contributed by atoms with Gasteiger partial charge in [0.1, 0.15) is 0 Å². The van der Waals surface area contributed by atoms with Crippen molar-refractivity contribution in [2.75, 3.05) is 0 Å². The number of hydrogen-bond donors (Lipinski definition) is 0. The predicted octanol–water partition coefficient (Wildman–Crippen LogP) is 6.26. The first-order valence-corrected chi connectivity index (χ1v) is 8.56. The maximum Gasteiger partial charge on any atom is 0.0281 e. The molecule has 0 aromatic heterocycles. The van der Waals surface area contributed by atoms with E-state index < -0.39 is 0 Å². The molecule has 0 nitrogen and oxygen atoms in total. The molecule has 1 unspecified atom stereocenters. The summed E-state index contributed by atoms with van der Waals surface area (Å²) < 4.78 is 1.21. The van der Waals surface area contributed by atoms with Crippen LogP contribution in [0, 0.1) is 6.92 Å². The summed E-state index contributed by atoms with van der Waals surface area (Å²) in [5.41, 5.74) is 7.07. The van der Waals surface area contributed by atoms with Crippen molar-refractivity contribution in [2.24, 2.45) is 0 Å². The first kappa shape index (κ1) is 14.6. The molecule has 0 aliphatic heterocycles. The molecule has 0 spiro atoms. The van der Waals surface area contributed by atoms with Gasteiger partial charge in [-0.1, -0.05) is 71.8 Å². The summed E-state index contributed by atoms with van der Waals surface area (Å²) in [5, 5.41) is 0. The molecule has 1 atom stereocenters. The van der Waals surface area contributed by atoms with Crippen LogP contribution >= 0.6 is 15.9 Å². The quantitative estimate of drug-likeness (QED) is 0.616. The van der Waals surface area contributed by atoms with Crippen molar-refractivity contribution in [2.45, 2.75) is 39.0 Å². The van der Waals surface area contributed by atoms with Crippen molar-refractivity contribution >= 4 is 22.0 Å². The number of benzene rings is 2. The highest BCUT2D eigenvalue weighted by Gasteiger charge is 2.22. The van der Waals surface area contributed by atoms with Crippen molar-refractivity contribution in [3.63, 3.8) is 0 Å². The van der Waals surface area contributed by atoms with Gasteiger partial charge in [0, 0.05) is 10.4 Å². The first-order valence-electron chi connectivity index (χ1n) is 7.76. The van der Waals surface area contributed by atoms with E-state index in [0.29, 0.717) is 5.92 Å². The van der Waals surface area contributed by atoms with Gasteiger partial charge in [-0.05, 0) is 53.6 Å². The minimum atomic E-state index is 0.407. The molecular formula is C20H21Br. The van der Waals surface area contributed by atoms with Gasteiger partial charge in [0.25, 0.3) is 0 Å². The topological polar surface area (TPSA) is 0 Å². The molecule has 108 valence electrons. The molecule has 0 heterocycles. The second kappa shape index (κ2) is 6.19. The Hall–Kier alpha value is -1.34. The highest BCUT2D eigenvalue weighted by Crippen LogP contribution is 2.39. The van der Waals surface area contributed by atoms with Crippen LogP contribution in [0.3, 0.4) is 0 Å². The van der Waals surface area contributed by atoms with E-state index in [9.17, 15) is 0 Å². The minimum absolute atomic E-state index is 0.407. The normalized spacial score (nSPS) is 16.2. The number of hydrogen-bond acceptors (Lipinski definition) is 0. The zero-order chi connectivity index (χ0) is 14.8. The van der Waals surface area contributed by atoms with E-state index in [4.69, 9.17) is 0 Å². The maximum atomic E-state index is 3.68. The Labute approximate surface area is 136 Å². The lowest BCUT2D eigenvalue weighted by atomic mass is 9.88. The number of allylic oxidation sites excluding steroid dienone is 1. The molecule has 0 saturated carbocycles. The van der Waals surface area contributed by atoms with E-state index in [0.717, 1.165) is 0 Å². The average Bonchev–Trinajstić information content (AvgIpc) is 2.88. The Balaban J connectivity index is 2.01. The molecule has 1 aliphatic rings. The zero-order valence-corrected chi connectivity index (χ0v) is 14.3. The molecular weight excluding hydrogens is 320 g/mol. The molecule has 2 aromatic carbocycles. The molecule has 0 fully saturated rings. The molecule has 0 bridgehead atoms. The van der Waals surface area contributed by atoms with E-state index in [1.165, 1.54) is 51.6 Å². The lowest BCUT2D eigenvalue weighted by Crippen LogP contribution is -2.01. The van der Waals surface area contributed by atoms with Gasteiger partial charge in [-0.3, -0.25) is 0 Å². The summed E-state index contributed by atoms with van der Waals surface area (Å²) in [6, 6.07) is 13.5. The van der Waals surface area contributed by atoms with Gasteiger partial charge in [0.15, 0.2) is 0 Å². The molecule has 0 N–H and O–H groups in total. The SMILES string of the molecule is CCCCc1ccccc1C1C=Cc2cc(C)c(Br)cc21. The molecule has 0 saturated heterocycles. The van der Waals surface area contributed by atoms with Crippen LogP contribution in [0.25, 0.3) is 6.08 Å². The van der Waals surface area contributed by atoms with E-state index >= 15 is 0 Å². The third kappa shape index (κ3) is 2.85. The number of rotatable bonds is 4. The van der Waals surface area contributed by atoms with Crippen LogP contribution in [-0.2, 0) is 6.42 Å². The minimum Gasteiger partial charge on any atom is -0.0720 e. The Morgan fingerprint density at radius 2 is 1.90 bits per heavy atom. The van der Waals surface area contributed by atoms with Crippen molar-refractivity contribution in [3.8, 4) is 0 Å². The van der Waals surface area contributed by atoms with Crippen LogP contribution in [-0.4, -0.2) is 0 Å². The van der Waals surface area contributed by atoms with Crippen LogP contribution in [0.5, 0.6) is 0 Å². The van der Waals surface area contributed by atoms with Crippen LogP contribution in [0.1, 0.15) is 53.5 Å². The molecule has 2 aromatic rings. The molecule has 21 heavy (non-hydrogen) atoms. The third-order valence-electron chi connectivity index (χ3n) is 4.36. The fraction of sp³-hybridized carbons (Fsp3) is 0.300. The van der Waals surface area contributed by atoms with Crippen molar-refractivity contribution in [1.29, 1.82) is 0 Å². The third-order valence-corrected chi connectivity index (χ3v) is 5.21. The van der Waals surface area contributed by atoms with Gasteiger partial charge >= 0.3 is 0 Å². The van der Waals surface area contributed by atoms with E-state index in [1.807, 2.05) is 0 Å². The molecule has 0 radical (unpaired) electrons. The lowest BCUT2D eigenvalue weighted by molar-refractivity contribution is 0.784. The fourth-order valence-corrected chi connectivity index (χ4v) is 3.50. The fourth-order valence-electron chi connectivity index (χ4n) is 3.14. The summed E-state index contributed by atoms with van der Waals surface area (Å²) in [7, 11) is 0. The number of aryl methyl sites for hydroxylation is 2. The van der Waals surface area contributed by atoms with Gasteiger partial charge in [0.05, 0.1) is 0 Å². The predicted molar refractivity (Wildman–Crippen MR) is 94.8 cm³/mol. The van der Waals surface area contributed by atoms with Crippen LogP contribution in [0.2, 0.25) is 0 Å². The smallest absolute Gasteiger partial charge is 0.0281 e. The second-order valence-electron chi connectivity index (χ2n) is 5.87. The molecule has 1 heteroatoms. The highest BCUT2D eigenvalue weighted by atomic mass is 79.9. The summed E-state index contributed by atoms with van der Waals surface area (Å²) in [5.74, 6) is 0.407. The second-order valence-corrected chi connectivity index (χ2v) is 6.72. The van der Waals surface area contributed by atoms with Gasteiger partial charge in [-0.15, -0.1) is 0 Å². The number of fused-ring (bicyclic) bond motifs is 1. The van der Waals surface area contributed by atoms with Crippen LogP contribution in [0.4, 0.5) is 0 Å². The Bertz CT molecular complexity index is 682. The Kier molecular flexibility index (Phi) is 4.30. The van der Waals surface area contributed by atoms with Gasteiger partial charge < -0.3 is 0 Å². The van der Waals surface area contributed by atoms with Crippen LogP contribution in [0.15, 0.2) is 46.9 Å². The highest BCUT2D eigenvalue weighted by molar-refractivity contribution is 9.10. The van der Waals surface area contributed by atoms with Gasteiger partial charge in [0.2, 0.25) is 0 Å². The monoisotopic (exact) mass is 340 g/mol. The molecule has 3 rings (SSSR count). The van der Waals surface area contributed by atoms with E-state index in [1.54, 1.807) is 0 Å². The standard InChI is InChI=1S/C20H21Br/c1-3-4-7-15-8-5-6-9-17(15)18-11-10-16-12-14(2)20(21)13-19(16)18/h5-6,8-13,18H,3-4,7H2,1-2H3. The number of halogens is 1. The van der Waals surface area contributed by atoms with Gasteiger partial charge in [-0.2, -0.15) is 0 Å². The van der Waals surface area contributed by atoms with E-state index in [2.05, 4.69) is 78.3 Å². The summed E-state index contributed by atoms with van der Waals surface area (Å²) in [6.45, 7) is 4.41. The van der Waals surface area contributed by atoms with Crippen molar-refractivity contribution in [1.82, 2.24) is 0 Å². The Morgan fingerprint density at radius 3 is 2.71 bits per heavy atom. The summed E-state index contributed by atoms with van der Waals surface area (Å²) in [6.07, 6.45) is 8.31. The van der Waals surface area contributed by atoms with E-state index in [-0.39, 0.29) is 0 Å². The van der Waals surface area contributed by atoms with Gasteiger partial charge in [-0.25, -0.2) is 0 Å². The first-order chi connectivity index (χ1) is 10.2.